The van der Waals surface area contributed by atoms with Crippen LogP contribution in [0.15, 0.2) is 29.4 Å². The summed E-state index contributed by atoms with van der Waals surface area (Å²) in [6.07, 6.45) is 0. The molecule has 8 heteroatoms. The van der Waals surface area contributed by atoms with Crippen LogP contribution in [0.4, 0.5) is 5.69 Å². The maximum atomic E-state index is 12.1. The maximum Gasteiger partial charge on any atom is 0.237 e. The van der Waals surface area contributed by atoms with E-state index in [0.29, 0.717) is 16.4 Å². The number of nitrogens with zero attached hydrogens (tertiary/aromatic N) is 4. The van der Waals surface area contributed by atoms with Gasteiger partial charge < -0.3 is 5.32 Å². The van der Waals surface area contributed by atoms with Gasteiger partial charge in [-0.05, 0) is 48.5 Å². The van der Waals surface area contributed by atoms with Gasteiger partial charge in [0.15, 0.2) is 5.78 Å². The highest BCUT2D eigenvalue weighted by Crippen LogP contribution is 2.21. The second kappa shape index (κ2) is 6.49. The lowest BCUT2D eigenvalue weighted by atomic mass is 10.1. The zero-order valence-electron chi connectivity index (χ0n) is 11.9. The fourth-order valence-electron chi connectivity index (χ4n) is 1.56. The second-order valence-electron chi connectivity index (χ2n) is 4.47. The van der Waals surface area contributed by atoms with Gasteiger partial charge in [0.2, 0.25) is 11.1 Å². The highest BCUT2D eigenvalue weighted by Gasteiger charge is 2.17. The molecule has 0 bridgehead atoms. The number of thioether (sulfide) groups is 1. The summed E-state index contributed by atoms with van der Waals surface area (Å²) >= 11 is 1.27. The number of carbonyl (C=O) groups is 2. The highest BCUT2D eigenvalue weighted by molar-refractivity contribution is 8.00. The Morgan fingerprint density at radius 3 is 2.48 bits per heavy atom. The average molecular weight is 305 g/mol. The molecule has 0 spiro atoms. The third-order valence-corrected chi connectivity index (χ3v) is 3.92. The number of hydrogen-bond acceptors (Lipinski definition) is 6. The van der Waals surface area contributed by atoms with Gasteiger partial charge in [0.1, 0.15) is 0 Å². The molecular formula is C13H15N5O2S. The van der Waals surface area contributed by atoms with Crippen molar-refractivity contribution in [1.82, 2.24) is 20.2 Å². The van der Waals surface area contributed by atoms with E-state index in [1.807, 2.05) is 0 Å². The summed E-state index contributed by atoms with van der Waals surface area (Å²) in [5.74, 6) is -0.162. The Kier molecular flexibility index (Phi) is 4.69. The summed E-state index contributed by atoms with van der Waals surface area (Å²) in [5.41, 5.74) is 1.26. The molecule has 0 aliphatic heterocycles. The van der Waals surface area contributed by atoms with Crippen LogP contribution in [0, 0.1) is 0 Å². The summed E-state index contributed by atoms with van der Waals surface area (Å²) in [4.78, 5) is 23.3. The summed E-state index contributed by atoms with van der Waals surface area (Å²) < 4.78 is 1.51. The van der Waals surface area contributed by atoms with E-state index in [-0.39, 0.29) is 16.9 Å². The first-order valence-corrected chi connectivity index (χ1v) is 7.16. The van der Waals surface area contributed by atoms with Gasteiger partial charge in [-0.1, -0.05) is 11.8 Å². The molecule has 1 aromatic carbocycles. The minimum Gasteiger partial charge on any atom is -0.325 e. The van der Waals surface area contributed by atoms with Crippen LogP contribution in [0.3, 0.4) is 0 Å². The molecule has 0 aliphatic rings. The van der Waals surface area contributed by atoms with Gasteiger partial charge in [-0.3, -0.25) is 9.59 Å². The van der Waals surface area contributed by atoms with E-state index in [9.17, 15) is 9.59 Å². The number of ketones is 1. The molecule has 0 radical (unpaired) electrons. The van der Waals surface area contributed by atoms with Gasteiger partial charge in [0, 0.05) is 18.3 Å². The third-order valence-electron chi connectivity index (χ3n) is 2.79. The third kappa shape index (κ3) is 3.88. The molecule has 1 N–H and O–H groups in total. The Morgan fingerprint density at radius 1 is 1.29 bits per heavy atom. The van der Waals surface area contributed by atoms with Crippen molar-refractivity contribution in [3.05, 3.63) is 29.8 Å². The van der Waals surface area contributed by atoms with Crippen molar-refractivity contribution in [2.75, 3.05) is 5.32 Å². The number of amides is 1. The van der Waals surface area contributed by atoms with Crippen LogP contribution < -0.4 is 5.32 Å². The van der Waals surface area contributed by atoms with E-state index in [2.05, 4.69) is 20.8 Å². The Hall–Kier alpha value is -2.22. The molecule has 0 saturated carbocycles. The van der Waals surface area contributed by atoms with Crippen LogP contribution in [0.5, 0.6) is 0 Å². The smallest absolute Gasteiger partial charge is 0.237 e. The largest absolute Gasteiger partial charge is 0.325 e. The Balaban J connectivity index is 1.97. The first-order chi connectivity index (χ1) is 9.97. The fraction of sp³-hybridized carbons (Fsp3) is 0.308. The monoisotopic (exact) mass is 305 g/mol. The van der Waals surface area contributed by atoms with Crippen LogP contribution in [-0.4, -0.2) is 37.1 Å². The lowest BCUT2D eigenvalue weighted by Gasteiger charge is -2.11. The summed E-state index contributed by atoms with van der Waals surface area (Å²) in [6.45, 7) is 3.28. The Morgan fingerprint density at radius 2 is 1.95 bits per heavy atom. The Bertz CT molecular complexity index is 653. The number of carbonyl (C=O) groups excluding carboxylic acids is 2. The summed E-state index contributed by atoms with van der Waals surface area (Å²) in [7, 11) is 1.72. The Labute approximate surface area is 126 Å². The van der Waals surface area contributed by atoms with Crippen molar-refractivity contribution < 1.29 is 9.59 Å². The lowest BCUT2D eigenvalue weighted by molar-refractivity contribution is -0.115. The number of benzene rings is 1. The van der Waals surface area contributed by atoms with Crippen LogP contribution in [-0.2, 0) is 11.8 Å². The van der Waals surface area contributed by atoms with Crippen molar-refractivity contribution in [3.63, 3.8) is 0 Å². The quantitative estimate of drug-likeness (QED) is 0.665. The molecular weight excluding hydrogens is 290 g/mol. The molecule has 110 valence electrons. The first kappa shape index (κ1) is 15.2. The molecule has 0 unspecified atom stereocenters. The van der Waals surface area contributed by atoms with E-state index in [1.165, 1.54) is 23.4 Å². The SMILES string of the molecule is CC(=O)c1ccc(NC(=O)[C@H](C)Sc2nnnn2C)cc1. The average Bonchev–Trinajstić information content (AvgIpc) is 2.84. The molecule has 0 fully saturated rings. The number of Topliss-reactive ketones (excluding diaryl/α,β-unsaturated/α-hetero) is 1. The van der Waals surface area contributed by atoms with Gasteiger partial charge in [0.25, 0.3) is 0 Å². The molecule has 2 rings (SSSR count). The van der Waals surface area contributed by atoms with Gasteiger partial charge in [-0.15, -0.1) is 5.10 Å². The molecule has 21 heavy (non-hydrogen) atoms. The number of nitrogens with one attached hydrogen (secondary N) is 1. The minimum atomic E-state index is -0.345. The van der Waals surface area contributed by atoms with E-state index >= 15 is 0 Å². The van der Waals surface area contributed by atoms with E-state index in [0.717, 1.165) is 0 Å². The lowest BCUT2D eigenvalue weighted by Crippen LogP contribution is -2.22. The highest BCUT2D eigenvalue weighted by atomic mass is 32.2. The standard InChI is InChI=1S/C13H15N5O2S/c1-8(19)10-4-6-11(7-5-10)14-12(20)9(2)21-13-15-16-17-18(13)3/h4-7,9H,1-3H3,(H,14,20)/t9-/m0/s1. The van der Waals surface area contributed by atoms with Crippen molar-refractivity contribution in [2.45, 2.75) is 24.3 Å². The molecule has 1 aromatic heterocycles. The zero-order valence-corrected chi connectivity index (χ0v) is 12.7. The number of hydrogen-bond donors (Lipinski definition) is 1. The van der Waals surface area contributed by atoms with Crippen molar-refractivity contribution in [2.24, 2.45) is 7.05 Å². The molecule has 0 saturated heterocycles. The molecule has 7 nitrogen and oxygen atoms in total. The molecule has 2 aromatic rings. The summed E-state index contributed by atoms with van der Waals surface area (Å²) in [5, 5.41) is 14.1. The molecule has 1 amide bonds. The number of tetrazole rings is 1. The van der Waals surface area contributed by atoms with Crippen molar-refractivity contribution in [3.8, 4) is 0 Å². The topological polar surface area (TPSA) is 89.8 Å². The maximum absolute atomic E-state index is 12.1. The molecule has 1 heterocycles. The second-order valence-corrected chi connectivity index (χ2v) is 5.78. The van der Waals surface area contributed by atoms with Crippen LogP contribution >= 0.6 is 11.8 Å². The minimum absolute atomic E-state index is 0.00779. The van der Waals surface area contributed by atoms with E-state index in [4.69, 9.17) is 0 Å². The van der Waals surface area contributed by atoms with E-state index in [1.54, 1.807) is 38.2 Å². The molecule has 1 atom stereocenters. The van der Waals surface area contributed by atoms with Gasteiger partial charge in [-0.2, -0.15) is 0 Å². The zero-order chi connectivity index (χ0) is 15.4. The first-order valence-electron chi connectivity index (χ1n) is 6.28. The van der Waals surface area contributed by atoms with Crippen molar-refractivity contribution in [1.29, 1.82) is 0 Å². The van der Waals surface area contributed by atoms with Gasteiger partial charge >= 0.3 is 0 Å². The fourth-order valence-corrected chi connectivity index (χ4v) is 2.32. The van der Waals surface area contributed by atoms with Crippen molar-refractivity contribution >= 4 is 29.1 Å². The number of aromatic nitrogens is 4. The van der Waals surface area contributed by atoms with Crippen LogP contribution in [0.25, 0.3) is 0 Å². The molecule has 0 aliphatic carbocycles. The summed E-state index contributed by atoms with van der Waals surface area (Å²) in [6, 6.07) is 6.77. The predicted molar refractivity (Wildman–Crippen MR) is 79.2 cm³/mol. The van der Waals surface area contributed by atoms with Gasteiger partial charge in [-0.25, -0.2) is 4.68 Å². The number of anilines is 1. The number of rotatable bonds is 5. The normalized spacial score (nSPS) is 12.0. The predicted octanol–water partition coefficient (Wildman–Crippen LogP) is 1.53. The number of aryl methyl sites for hydroxylation is 1. The van der Waals surface area contributed by atoms with Gasteiger partial charge in [0.05, 0.1) is 5.25 Å². The van der Waals surface area contributed by atoms with Crippen LogP contribution in [0.2, 0.25) is 0 Å². The van der Waals surface area contributed by atoms with E-state index < -0.39 is 0 Å². The van der Waals surface area contributed by atoms with Crippen LogP contribution in [0.1, 0.15) is 24.2 Å².